The summed E-state index contributed by atoms with van der Waals surface area (Å²) in [6, 6.07) is 22.1. The minimum Gasteiger partial charge on any atom is -0.351 e. The fraction of sp³-hybridized carbons (Fsp3) is 0.240. The Bertz CT molecular complexity index is 1200. The Morgan fingerprint density at radius 3 is 2.42 bits per heavy atom. The smallest absolute Gasteiger partial charge is 0.251 e. The Hall–Kier alpha value is -2.48. The van der Waals surface area contributed by atoms with Crippen molar-refractivity contribution in [3.63, 3.8) is 0 Å². The van der Waals surface area contributed by atoms with Gasteiger partial charge in [0, 0.05) is 28.6 Å². The largest absolute Gasteiger partial charge is 0.351 e. The molecule has 174 valence electrons. The van der Waals surface area contributed by atoms with Crippen LogP contribution in [0.4, 0.5) is 5.69 Å². The van der Waals surface area contributed by atoms with Crippen molar-refractivity contribution in [2.24, 2.45) is 0 Å². The van der Waals surface area contributed by atoms with Gasteiger partial charge in [0.15, 0.2) is 0 Å². The minimum atomic E-state index is -3.49. The third kappa shape index (κ3) is 7.52. The van der Waals surface area contributed by atoms with Crippen LogP contribution in [-0.2, 0) is 22.3 Å². The molecule has 0 heterocycles. The Kier molecular flexibility index (Phi) is 8.83. The monoisotopic (exact) mass is 502 g/mol. The lowest BCUT2D eigenvalue weighted by Gasteiger charge is -2.23. The summed E-state index contributed by atoms with van der Waals surface area (Å²) in [4.78, 5) is 12.5. The number of nitrogens with one attached hydrogen (secondary N) is 1. The Morgan fingerprint density at radius 2 is 1.76 bits per heavy atom. The van der Waals surface area contributed by atoms with Crippen LogP contribution >= 0.6 is 23.4 Å². The lowest BCUT2D eigenvalue weighted by Crippen LogP contribution is -2.30. The quantitative estimate of drug-likeness (QED) is 0.383. The van der Waals surface area contributed by atoms with Crippen molar-refractivity contribution in [1.29, 1.82) is 0 Å². The number of thioether (sulfide) groups is 1. The number of halogens is 1. The molecular formula is C25H27ClN2O3S2. The van der Waals surface area contributed by atoms with Crippen molar-refractivity contribution in [2.45, 2.75) is 19.2 Å². The number of sulfonamides is 1. The van der Waals surface area contributed by atoms with Crippen LogP contribution in [-0.4, -0.2) is 32.9 Å². The molecule has 0 aliphatic rings. The molecule has 3 rings (SSSR count). The number of benzene rings is 3. The maximum atomic E-state index is 12.5. The Balaban J connectivity index is 1.56. The third-order valence-corrected chi connectivity index (χ3v) is 7.49. The average Bonchev–Trinajstić information content (AvgIpc) is 2.77. The summed E-state index contributed by atoms with van der Waals surface area (Å²) in [6.07, 6.45) is 1.19. The number of hydrogen-bond donors (Lipinski definition) is 1. The average molecular weight is 503 g/mol. The molecule has 0 saturated carbocycles. The van der Waals surface area contributed by atoms with E-state index in [0.717, 1.165) is 33.2 Å². The number of amides is 1. The molecule has 0 aliphatic heterocycles. The predicted molar refractivity (Wildman–Crippen MR) is 139 cm³/mol. The number of aryl methyl sites for hydroxylation is 1. The van der Waals surface area contributed by atoms with E-state index in [9.17, 15) is 13.2 Å². The molecule has 0 aromatic heterocycles. The summed E-state index contributed by atoms with van der Waals surface area (Å²) in [5, 5.41) is 3.63. The molecule has 0 saturated heterocycles. The summed E-state index contributed by atoms with van der Waals surface area (Å²) >= 11 is 7.71. The normalized spacial score (nSPS) is 11.2. The van der Waals surface area contributed by atoms with Crippen LogP contribution in [0.3, 0.4) is 0 Å². The first-order chi connectivity index (χ1) is 15.7. The van der Waals surface area contributed by atoms with Gasteiger partial charge in [0.1, 0.15) is 0 Å². The summed E-state index contributed by atoms with van der Waals surface area (Å²) in [5.74, 6) is 1.41. The van der Waals surface area contributed by atoms with Crippen LogP contribution in [0.2, 0.25) is 5.02 Å². The van der Waals surface area contributed by atoms with E-state index in [0.29, 0.717) is 17.8 Å². The van der Waals surface area contributed by atoms with E-state index < -0.39 is 10.0 Å². The molecule has 1 N–H and O–H groups in total. The van der Waals surface area contributed by atoms with Gasteiger partial charge in [-0.15, -0.1) is 0 Å². The SMILES string of the molecule is Cc1ccccc1CN(c1ccc(C(=O)NCCSCc2cccc(Cl)c2)cc1)S(C)(=O)=O. The molecule has 3 aromatic rings. The summed E-state index contributed by atoms with van der Waals surface area (Å²) < 4.78 is 26.2. The minimum absolute atomic E-state index is 0.185. The van der Waals surface area contributed by atoms with Gasteiger partial charge in [-0.05, 0) is 60.0 Å². The van der Waals surface area contributed by atoms with Crippen LogP contribution in [0.1, 0.15) is 27.0 Å². The van der Waals surface area contributed by atoms with E-state index in [4.69, 9.17) is 11.6 Å². The molecule has 3 aromatic carbocycles. The van der Waals surface area contributed by atoms with E-state index in [1.807, 2.05) is 55.5 Å². The fourth-order valence-electron chi connectivity index (χ4n) is 3.28. The highest BCUT2D eigenvalue weighted by Crippen LogP contribution is 2.22. The molecule has 8 heteroatoms. The number of rotatable bonds is 10. The van der Waals surface area contributed by atoms with Gasteiger partial charge in [0.2, 0.25) is 10.0 Å². The molecule has 0 aliphatic carbocycles. The zero-order valence-electron chi connectivity index (χ0n) is 18.6. The highest BCUT2D eigenvalue weighted by molar-refractivity contribution is 7.98. The van der Waals surface area contributed by atoms with Crippen LogP contribution in [0.25, 0.3) is 0 Å². The predicted octanol–water partition coefficient (Wildman–Crippen LogP) is 5.28. The second-order valence-corrected chi connectivity index (χ2v) is 11.1. The van der Waals surface area contributed by atoms with Crippen LogP contribution in [0, 0.1) is 6.92 Å². The summed E-state index contributed by atoms with van der Waals surface area (Å²) in [7, 11) is -3.49. The standard InChI is InChI=1S/C25H27ClN2O3S2/c1-19-6-3-4-8-22(19)17-28(33(2,30)31)24-12-10-21(11-13-24)25(29)27-14-15-32-18-20-7-5-9-23(26)16-20/h3-13,16H,14-15,17-18H2,1-2H3,(H,27,29). The Labute approximate surface area is 205 Å². The zero-order chi connectivity index (χ0) is 23.8. The maximum absolute atomic E-state index is 12.5. The van der Waals surface area contributed by atoms with Gasteiger partial charge in [0.05, 0.1) is 18.5 Å². The molecule has 0 spiro atoms. The van der Waals surface area contributed by atoms with Crippen LogP contribution in [0.5, 0.6) is 0 Å². The molecule has 0 atom stereocenters. The van der Waals surface area contributed by atoms with Crippen molar-refractivity contribution in [3.05, 3.63) is 100 Å². The molecule has 0 unspecified atom stereocenters. The third-order valence-electron chi connectivity index (χ3n) is 5.08. The zero-order valence-corrected chi connectivity index (χ0v) is 21.0. The number of carbonyl (C=O) groups excluding carboxylic acids is 1. The van der Waals surface area contributed by atoms with E-state index in [2.05, 4.69) is 5.32 Å². The Morgan fingerprint density at radius 1 is 1.03 bits per heavy atom. The van der Waals surface area contributed by atoms with E-state index >= 15 is 0 Å². The molecule has 5 nitrogen and oxygen atoms in total. The topological polar surface area (TPSA) is 66.5 Å². The summed E-state index contributed by atoms with van der Waals surface area (Å²) in [6.45, 7) is 2.73. The summed E-state index contributed by atoms with van der Waals surface area (Å²) in [5.41, 5.74) is 4.11. The van der Waals surface area contributed by atoms with Gasteiger partial charge in [-0.3, -0.25) is 9.10 Å². The molecule has 33 heavy (non-hydrogen) atoms. The second kappa shape index (κ2) is 11.6. The first-order valence-electron chi connectivity index (χ1n) is 10.5. The highest BCUT2D eigenvalue weighted by Gasteiger charge is 2.19. The van der Waals surface area contributed by atoms with Gasteiger partial charge in [0.25, 0.3) is 5.91 Å². The van der Waals surface area contributed by atoms with Crippen LogP contribution < -0.4 is 9.62 Å². The van der Waals surface area contributed by atoms with Crippen molar-refractivity contribution in [3.8, 4) is 0 Å². The molecule has 0 radical (unpaired) electrons. The van der Waals surface area contributed by atoms with Gasteiger partial charge in [-0.1, -0.05) is 48.0 Å². The van der Waals surface area contributed by atoms with E-state index in [1.165, 1.54) is 10.6 Å². The van der Waals surface area contributed by atoms with Gasteiger partial charge < -0.3 is 5.32 Å². The lowest BCUT2D eigenvalue weighted by atomic mass is 10.1. The van der Waals surface area contributed by atoms with Crippen molar-refractivity contribution in [1.82, 2.24) is 5.32 Å². The van der Waals surface area contributed by atoms with Crippen molar-refractivity contribution >= 4 is 45.0 Å². The maximum Gasteiger partial charge on any atom is 0.251 e. The second-order valence-electron chi connectivity index (χ2n) is 7.68. The lowest BCUT2D eigenvalue weighted by molar-refractivity contribution is 0.0956. The van der Waals surface area contributed by atoms with Crippen molar-refractivity contribution < 1.29 is 13.2 Å². The number of carbonyl (C=O) groups is 1. The molecule has 0 fully saturated rings. The van der Waals surface area contributed by atoms with Gasteiger partial charge in [-0.2, -0.15) is 11.8 Å². The van der Waals surface area contributed by atoms with E-state index in [-0.39, 0.29) is 12.5 Å². The van der Waals surface area contributed by atoms with Crippen molar-refractivity contribution in [2.75, 3.05) is 22.9 Å². The first-order valence-corrected chi connectivity index (χ1v) is 13.8. The number of hydrogen-bond acceptors (Lipinski definition) is 4. The van der Waals surface area contributed by atoms with Gasteiger partial charge in [-0.25, -0.2) is 8.42 Å². The molecule has 0 bridgehead atoms. The van der Waals surface area contributed by atoms with Crippen LogP contribution in [0.15, 0.2) is 72.8 Å². The fourth-order valence-corrected chi connectivity index (χ4v) is 5.17. The first kappa shape index (κ1) is 25.1. The van der Waals surface area contributed by atoms with Gasteiger partial charge >= 0.3 is 0 Å². The molecule has 1 amide bonds. The molecular weight excluding hydrogens is 476 g/mol. The number of nitrogens with zero attached hydrogens (tertiary/aromatic N) is 1. The van der Waals surface area contributed by atoms with E-state index in [1.54, 1.807) is 36.0 Å². The number of anilines is 1. The highest BCUT2D eigenvalue weighted by atomic mass is 35.5.